The van der Waals surface area contributed by atoms with Gasteiger partial charge < -0.3 is 15.2 Å². The molecule has 2 rings (SSSR count). The molecule has 0 radical (unpaired) electrons. The first-order valence-electron chi connectivity index (χ1n) is 6.68. The van der Waals surface area contributed by atoms with E-state index in [2.05, 4.69) is 17.4 Å². The van der Waals surface area contributed by atoms with E-state index in [1.54, 1.807) is 0 Å². The van der Waals surface area contributed by atoms with Crippen molar-refractivity contribution in [2.24, 2.45) is 5.41 Å². The number of rotatable bonds is 7. The highest BCUT2D eigenvalue weighted by Gasteiger charge is 2.42. The molecule has 1 aromatic carbocycles. The molecule has 100 valence electrons. The van der Waals surface area contributed by atoms with Crippen LogP contribution < -0.4 is 5.32 Å². The summed E-state index contributed by atoms with van der Waals surface area (Å²) < 4.78 is 5.69. The number of aliphatic hydroxyl groups excluding tert-OH is 1. The van der Waals surface area contributed by atoms with Crippen molar-refractivity contribution in [1.29, 1.82) is 0 Å². The lowest BCUT2D eigenvalue weighted by Crippen LogP contribution is -2.50. The van der Waals surface area contributed by atoms with Crippen LogP contribution in [0, 0.1) is 5.41 Å². The first-order valence-corrected chi connectivity index (χ1v) is 6.68. The van der Waals surface area contributed by atoms with Crippen LogP contribution >= 0.6 is 0 Å². The molecular formula is C15H23NO2. The molecule has 0 atom stereocenters. The van der Waals surface area contributed by atoms with Gasteiger partial charge in [0.1, 0.15) is 0 Å². The normalized spacial score (nSPS) is 26.9. The van der Waals surface area contributed by atoms with Gasteiger partial charge in [0.25, 0.3) is 0 Å². The number of hydrogen-bond donors (Lipinski definition) is 2. The van der Waals surface area contributed by atoms with Crippen LogP contribution in [0.15, 0.2) is 30.3 Å². The Bertz CT molecular complexity index is 347. The maximum Gasteiger partial charge on any atom is 0.0716 e. The van der Waals surface area contributed by atoms with Gasteiger partial charge in [-0.15, -0.1) is 0 Å². The van der Waals surface area contributed by atoms with Crippen molar-refractivity contribution in [1.82, 2.24) is 5.32 Å². The van der Waals surface area contributed by atoms with E-state index >= 15 is 0 Å². The quantitative estimate of drug-likeness (QED) is 0.726. The van der Waals surface area contributed by atoms with Gasteiger partial charge in [-0.05, 0) is 37.3 Å². The first kappa shape index (κ1) is 13.5. The van der Waals surface area contributed by atoms with Crippen molar-refractivity contribution >= 4 is 0 Å². The predicted molar refractivity (Wildman–Crippen MR) is 72.3 cm³/mol. The molecule has 0 aliphatic heterocycles. The van der Waals surface area contributed by atoms with E-state index in [0.29, 0.717) is 12.6 Å². The van der Waals surface area contributed by atoms with Gasteiger partial charge in [-0.1, -0.05) is 30.3 Å². The second kappa shape index (κ2) is 6.32. The summed E-state index contributed by atoms with van der Waals surface area (Å²) in [5.74, 6) is 0. The lowest BCUT2D eigenvalue weighted by molar-refractivity contribution is -0.0187. The molecule has 0 saturated heterocycles. The molecular weight excluding hydrogens is 226 g/mol. The second-order valence-electron chi connectivity index (χ2n) is 5.34. The third-order valence-corrected chi connectivity index (χ3v) is 3.99. The van der Waals surface area contributed by atoms with Crippen LogP contribution in [0.5, 0.6) is 0 Å². The summed E-state index contributed by atoms with van der Waals surface area (Å²) in [5.41, 5.74) is 1.31. The van der Waals surface area contributed by atoms with E-state index in [1.807, 2.05) is 25.2 Å². The van der Waals surface area contributed by atoms with E-state index < -0.39 is 0 Å². The lowest BCUT2D eigenvalue weighted by atomic mass is 9.64. The molecule has 0 bridgehead atoms. The Balaban J connectivity index is 1.66. The monoisotopic (exact) mass is 249 g/mol. The SMILES string of the molecule is CNC1CC(CO)(CCOCc2ccccc2)C1. The minimum Gasteiger partial charge on any atom is -0.396 e. The van der Waals surface area contributed by atoms with Gasteiger partial charge in [0, 0.05) is 19.3 Å². The zero-order chi connectivity index (χ0) is 12.8. The summed E-state index contributed by atoms with van der Waals surface area (Å²) in [6.07, 6.45) is 3.08. The molecule has 1 aliphatic carbocycles. The van der Waals surface area contributed by atoms with Crippen LogP contribution in [0.2, 0.25) is 0 Å². The average molecular weight is 249 g/mol. The molecule has 0 unspecified atom stereocenters. The Morgan fingerprint density at radius 3 is 2.67 bits per heavy atom. The predicted octanol–water partition coefficient (Wildman–Crippen LogP) is 1.95. The molecule has 2 N–H and O–H groups in total. The highest BCUT2D eigenvalue weighted by molar-refractivity contribution is 5.13. The average Bonchev–Trinajstić information content (AvgIpc) is 2.38. The largest absolute Gasteiger partial charge is 0.396 e. The lowest BCUT2D eigenvalue weighted by Gasteiger charge is -2.46. The maximum absolute atomic E-state index is 9.48. The summed E-state index contributed by atoms with van der Waals surface area (Å²) in [7, 11) is 1.98. The van der Waals surface area contributed by atoms with Gasteiger partial charge in [-0.25, -0.2) is 0 Å². The molecule has 18 heavy (non-hydrogen) atoms. The summed E-state index contributed by atoms with van der Waals surface area (Å²) in [6.45, 7) is 1.67. The number of aliphatic hydroxyl groups is 1. The van der Waals surface area contributed by atoms with E-state index in [1.165, 1.54) is 5.56 Å². The van der Waals surface area contributed by atoms with Crippen LogP contribution in [-0.4, -0.2) is 31.4 Å². The van der Waals surface area contributed by atoms with Crippen LogP contribution in [0.25, 0.3) is 0 Å². The van der Waals surface area contributed by atoms with Crippen molar-refractivity contribution in [3.05, 3.63) is 35.9 Å². The smallest absolute Gasteiger partial charge is 0.0716 e. The Morgan fingerprint density at radius 2 is 2.06 bits per heavy atom. The molecule has 3 heteroatoms. The Kier molecular flexibility index (Phi) is 4.75. The van der Waals surface area contributed by atoms with Crippen molar-refractivity contribution in [3.63, 3.8) is 0 Å². The van der Waals surface area contributed by atoms with Gasteiger partial charge in [0.15, 0.2) is 0 Å². The number of ether oxygens (including phenoxy) is 1. The Hall–Kier alpha value is -0.900. The van der Waals surface area contributed by atoms with E-state index in [0.717, 1.165) is 25.9 Å². The fourth-order valence-corrected chi connectivity index (χ4v) is 2.65. The number of nitrogens with one attached hydrogen (secondary N) is 1. The van der Waals surface area contributed by atoms with Crippen LogP contribution in [-0.2, 0) is 11.3 Å². The first-order chi connectivity index (χ1) is 8.78. The Morgan fingerprint density at radius 1 is 1.33 bits per heavy atom. The molecule has 1 saturated carbocycles. The molecule has 3 nitrogen and oxygen atoms in total. The fraction of sp³-hybridized carbons (Fsp3) is 0.600. The standard InChI is InChI=1S/C15H23NO2/c1-16-14-9-15(10-14,12-17)7-8-18-11-13-5-3-2-4-6-13/h2-6,14,16-17H,7-12H2,1H3. The number of benzene rings is 1. The van der Waals surface area contributed by atoms with Gasteiger partial charge in [0.2, 0.25) is 0 Å². The topological polar surface area (TPSA) is 41.5 Å². The minimum absolute atomic E-state index is 0.102. The zero-order valence-electron chi connectivity index (χ0n) is 11.1. The highest BCUT2D eigenvalue weighted by Crippen LogP contribution is 2.43. The number of hydrogen-bond acceptors (Lipinski definition) is 3. The van der Waals surface area contributed by atoms with Crippen molar-refractivity contribution in [3.8, 4) is 0 Å². The van der Waals surface area contributed by atoms with E-state index in [-0.39, 0.29) is 12.0 Å². The fourth-order valence-electron chi connectivity index (χ4n) is 2.65. The molecule has 0 heterocycles. The van der Waals surface area contributed by atoms with Crippen LogP contribution in [0.3, 0.4) is 0 Å². The van der Waals surface area contributed by atoms with Gasteiger partial charge in [0.05, 0.1) is 6.61 Å². The third-order valence-electron chi connectivity index (χ3n) is 3.99. The molecule has 1 aliphatic rings. The third kappa shape index (κ3) is 3.31. The minimum atomic E-state index is 0.102. The molecule has 0 spiro atoms. The van der Waals surface area contributed by atoms with Gasteiger partial charge in [-0.2, -0.15) is 0 Å². The van der Waals surface area contributed by atoms with E-state index in [9.17, 15) is 5.11 Å². The van der Waals surface area contributed by atoms with E-state index in [4.69, 9.17) is 4.74 Å². The van der Waals surface area contributed by atoms with Crippen molar-refractivity contribution in [2.45, 2.75) is 31.9 Å². The molecule has 1 aromatic rings. The summed E-state index contributed by atoms with van der Waals surface area (Å²) in [6, 6.07) is 10.8. The zero-order valence-corrected chi connectivity index (χ0v) is 11.1. The molecule has 0 amide bonds. The molecule has 0 aromatic heterocycles. The molecule has 1 fully saturated rings. The second-order valence-corrected chi connectivity index (χ2v) is 5.34. The summed E-state index contributed by atoms with van der Waals surface area (Å²) in [4.78, 5) is 0. The van der Waals surface area contributed by atoms with Crippen molar-refractivity contribution in [2.75, 3.05) is 20.3 Å². The summed E-state index contributed by atoms with van der Waals surface area (Å²) >= 11 is 0. The highest BCUT2D eigenvalue weighted by atomic mass is 16.5. The van der Waals surface area contributed by atoms with Crippen LogP contribution in [0.1, 0.15) is 24.8 Å². The Labute approximate surface area is 109 Å². The maximum atomic E-state index is 9.48. The van der Waals surface area contributed by atoms with Crippen molar-refractivity contribution < 1.29 is 9.84 Å². The van der Waals surface area contributed by atoms with Gasteiger partial charge in [-0.3, -0.25) is 0 Å². The van der Waals surface area contributed by atoms with Crippen LogP contribution in [0.4, 0.5) is 0 Å². The summed E-state index contributed by atoms with van der Waals surface area (Å²) in [5, 5.41) is 12.7. The van der Waals surface area contributed by atoms with Gasteiger partial charge >= 0.3 is 0 Å².